The van der Waals surface area contributed by atoms with Gasteiger partial charge in [-0.15, -0.1) is 0 Å². The normalized spacial score (nSPS) is 19.0. The summed E-state index contributed by atoms with van der Waals surface area (Å²) in [5.41, 5.74) is 0. The lowest BCUT2D eigenvalue weighted by Gasteiger charge is -2.27. The number of sulfonamides is 1. The molecule has 1 atom stereocenters. The number of carbonyl (C=O) groups is 1. The summed E-state index contributed by atoms with van der Waals surface area (Å²) < 4.78 is 25.9. The van der Waals surface area contributed by atoms with E-state index < -0.39 is 15.9 Å². The van der Waals surface area contributed by atoms with Gasteiger partial charge in [0.25, 0.3) is 0 Å². The van der Waals surface area contributed by atoms with E-state index in [0.717, 1.165) is 6.42 Å². The molecule has 1 aliphatic heterocycles. The van der Waals surface area contributed by atoms with Crippen LogP contribution in [0.2, 0.25) is 0 Å². The summed E-state index contributed by atoms with van der Waals surface area (Å²) in [6.07, 6.45) is 0.906. The standard InChI is InChI=1S/C13H27N3O3S/c1-11(2)4-5-15-13(17)12(3)10-20(18,19)16-8-6-14-7-9-16/h11-12,14H,4-10H2,1-3H3,(H,15,17). The quantitative estimate of drug-likeness (QED) is 0.695. The average Bonchev–Trinajstić information content (AvgIpc) is 2.38. The minimum absolute atomic E-state index is 0.111. The van der Waals surface area contributed by atoms with Crippen LogP contribution < -0.4 is 10.6 Å². The van der Waals surface area contributed by atoms with Crippen LogP contribution in [0.1, 0.15) is 27.2 Å². The Balaban J connectivity index is 2.43. The number of amides is 1. The second-order valence-electron chi connectivity index (χ2n) is 5.80. The molecular formula is C13H27N3O3S. The molecule has 1 amide bonds. The summed E-state index contributed by atoms with van der Waals surface area (Å²) in [5, 5.41) is 5.92. The van der Waals surface area contributed by atoms with Crippen molar-refractivity contribution in [3.8, 4) is 0 Å². The Kier molecular flexibility index (Phi) is 6.91. The highest BCUT2D eigenvalue weighted by Gasteiger charge is 2.28. The highest BCUT2D eigenvalue weighted by molar-refractivity contribution is 7.89. The Morgan fingerprint density at radius 2 is 1.85 bits per heavy atom. The number of carbonyl (C=O) groups excluding carboxylic acids is 1. The topological polar surface area (TPSA) is 78.5 Å². The Morgan fingerprint density at radius 1 is 1.25 bits per heavy atom. The van der Waals surface area contributed by atoms with Crippen LogP contribution in [0.4, 0.5) is 0 Å². The van der Waals surface area contributed by atoms with Gasteiger partial charge in [-0.05, 0) is 12.3 Å². The Bertz CT molecular complexity index is 403. The molecule has 1 rings (SSSR count). The molecule has 0 spiro atoms. The number of nitrogens with one attached hydrogen (secondary N) is 2. The molecule has 6 nitrogen and oxygen atoms in total. The van der Waals surface area contributed by atoms with E-state index in [9.17, 15) is 13.2 Å². The van der Waals surface area contributed by atoms with E-state index in [-0.39, 0.29) is 11.7 Å². The van der Waals surface area contributed by atoms with Crippen molar-refractivity contribution in [1.82, 2.24) is 14.9 Å². The van der Waals surface area contributed by atoms with Crippen LogP contribution >= 0.6 is 0 Å². The number of piperazine rings is 1. The van der Waals surface area contributed by atoms with Gasteiger partial charge in [0.1, 0.15) is 0 Å². The fraction of sp³-hybridized carbons (Fsp3) is 0.923. The van der Waals surface area contributed by atoms with Gasteiger partial charge in [0.2, 0.25) is 15.9 Å². The van der Waals surface area contributed by atoms with Crippen molar-refractivity contribution in [2.75, 3.05) is 38.5 Å². The molecule has 0 bridgehead atoms. The van der Waals surface area contributed by atoms with Gasteiger partial charge in [0, 0.05) is 32.7 Å². The van der Waals surface area contributed by atoms with E-state index in [4.69, 9.17) is 0 Å². The third kappa shape index (κ3) is 5.76. The number of hydrogen-bond acceptors (Lipinski definition) is 4. The van der Waals surface area contributed by atoms with Crippen LogP contribution in [-0.2, 0) is 14.8 Å². The predicted molar refractivity (Wildman–Crippen MR) is 79.9 cm³/mol. The smallest absolute Gasteiger partial charge is 0.223 e. The Morgan fingerprint density at radius 3 is 2.40 bits per heavy atom. The summed E-state index contributed by atoms with van der Waals surface area (Å²) in [7, 11) is -3.34. The van der Waals surface area contributed by atoms with Crippen molar-refractivity contribution < 1.29 is 13.2 Å². The van der Waals surface area contributed by atoms with E-state index in [1.165, 1.54) is 4.31 Å². The maximum absolute atomic E-state index is 12.2. The number of rotatable bonds is 7. The zero-order valence-corrected chi connectivity index (χ0v) is 13.5. The minimum atomic E-state index is -3.34. The minimum Gasteiger partial charge on any atom is -0.356 e. The first-order valence-corrected chi connectivity index (χ1v) is 8.90. The summed E-state index contributed by atoms with van der Waals surface area (Å²) in [6, 6.07) is 0. The summed E-state index contributed by atoms with van der Waals surface area (Å²) in [5.74, 6) is -0.276. The van der Waals surface area contributed by atoms with Crippen molar-refractivity contribution in [2.45, 2.75) is 27.2 Å². The van der Waals surface area contributed by atoms with E-state index in [1.807, 2.05) is 0 Å². The van der Waals surface area contributed by atoms with Gasteiger partial charge >= 0.3 is 0 Å². The zero-order chi connectivity index (χ0) is 15.2. The van der Waals surface area contributed by atoms with E-state index in [2.05, 4.69) is 24.5 Å². The Labute approximate surface area is 122 Å². The third-order valence-electron chi connectivity index (χ3n) is 3.40. The van der Waals surface area contributed by atoms with Crippen LogP contribution in [-0.4, -0.2) is 57.1 Å². The first-order valence-electron chi connectivity index (χ1n) is 7.29. The Hall–Kier alpha value is -0.660. The molecule has 118 valence electrons. The van der Waals surface area contributed by atoms with Gasteiger partial charge in [0.15, 0.2) is 0 Å². The first kappa shape index (κ1) is 17.4. The van der Waals surface area contributed by atoms with Crippen molar-refractivity contribution in [2.24, 2.45) is 11.8 Å². The van der Waals surface area contributed by atoms with Gasteiger partial charge in [-0.1, -0.05) is 20.8 Å². The van der Waals surface area contributed by atoms with E-state index >= 15 is 0 Å². The van der Waals surface area contributed by atoms with Crippen LogP contribution in [0.15, 0.2) is 0 Å². The predicted octanol–water partition coefficient (Wildman–Crippen LogP) is 0.0198. The average molecular weight is 305 g/mol. The molecule has 1 fully saturated rings. The number of hydrogen-bond donors (Lipinski definition) is 2. The molecule has 0 aromatic heterocycles. The van der Waals surface area contributed by atoms with E-state index in [0.29, 0.717) is 38.6 Å². The molecule has 1 unspecified atom stereocenters. The first-order chi connectivity index (χ1) is 9.33. The fourth-order valence-electron chi connectivity index (χ4n) is 2.08. The summed E-state index contributed by atoms with van der Waals surface area (Å²) in [4.78, 5) is 11.9. The lowest BCUT2D eigenvalue weighted by Crippen LogP contribution is -2.48. The van der Waals surface area contributed by atoms with Crippen LogP contribution in [0.25, 0.3) is 0 Å². The summed E-state index contributed by atoms with van der Waals surface area (Å²) >= 11 is 0. The van der Waals surface area contributed by atoms with Gasteiger partial charge < -0.3 is 10.6 Å². The molecule has 1 saturated heterocycles. The van der Waals surface area contributed by atoms with Crippen LogP contribution in [0, 0.1) is 11.8 Å². The lowest BCUT2D eigenvalue weighted by molar-refractivity contribution is -0.123. The molecule has 0 aliphatic carbocycles. The van der Waals surface area contributed by atoms with Gasteiger partial charge in [-0.3, -0.25) is 4.79 Å². The van der Waals surface area contributed by atoms with Crippen molar-refractivity contribution in [1.29, 1.82) is 0 Å². The molecule has 20 heavy (non-hydrogen) atoms. The molecule has 1 heterocycles. The fourth-order valence-corrected chi connectivity index (χ4v) is 3.81. The molecular weight excluding hydrogens is 278 g/mol. The second-order valence-corrected chi connectivity index (χ2v) is 7.82. The third-order valence-corrected chi connectivity index (χ3v) is 5.47. The summed E-state index contributed by atoms with van der Waals surface area (Å²) in [6.45, 7) is 8.78. The molecule has 7 heteroatoms. The van der Waals surface area contributed by atoms with Gasteiger partial charge in [0.05, 0.1) is 11.7 Å². The van der Waals surface area contributed by atoms with Crippen molar-refractivity contribution in [3.63, 3.8) is 0 Å². The van der Waals surface area contributed by atoms with Crippen molar-refractivity contribution in [3.05, 3.63) is 0 Å². The SMILES string of the molecule is CC(C)CCNC(=O)C(C)CS(=O)(=O)N1CCNCC1. The molecule has 0 radical (unpaired) electrons. The number of nitrogens with zero attached hydrogens (tertiary/aromatic N) is 1. The maximum Gasteiger partial charge on any atom is 0.223 e. The lowest BCUT2D eigenvalue weighted by atomic mass is 10.1. The molecule has 0 aromatic carbocycles. The van der Waals surface area contributed by atoms with Gasteiger partial charge in [-0.2, -0.15) is 4.31 Å². The molecule has 0 saturated carbocycles. The monoisotopic (exact) mass is 305 g/mol. The second kappa shape index (κ2) is 7.95. The molecule has 0 aromatic rings. The van der Waals surface area contributed by atoms with E-state index in [1.54, 1.807) is 6.92 Å². The van der Waals surface area contributed by atoms with Crippen molar-refractivity contribution >= 4 is 15.9 Å². The van der Waals surface area contributed by atoms with Gasteiger partial charge in [-0.25, -0.2) is 8.42 Å². The zero-order valence-electron chi connectivity index (χ0n) is 12.7. The highest BCUT2D eigenvalue weighted by atomic mass is 32.2. The largest absolute Gasteiger partial charge is 0.356 e. The van der Waals surface area contributed by atoms with Crippen LogP contribution in [0.3, 0.4) is 0 Å². The maximum atomic E-state index is 12.2. The molecule has 2 N–H and O–H groups in total. The van der Waals surface area contributed by atoms with Crippen LogP contribution in [0.5, 0.6) is 0 Å². The highest BCUT2D eigenvalue weighted by Crippen LogP contribution is 2.09. The molecule has 1 aliphatic rings.